The minimum Gasteiger partial charge on any atom is -0.378 e. The van der Waals surface area contributed by atoms with Crippen LogP contribution in [0, 0.1) is 11.3 Å². The molecule has 2 rings (SSSR count). The third kappa shape index (κ3) is 4.82. The first-order valence-electron chi connectivity index (χ1n) is 8.19. The van der Waals surface area contributed by atoms with E-state index in [4.69, 9.17) is 4.74 Å². The standard InChI is InChI=1S/C17H31N3O/c1-13(2)15-10-14(6-9-21-15)19-16(17(3,4)5)11-20-8-7-18-12-20/h7-8,12-16,19H,6,9-11H2,1-5H3. The molecule has 2 heterocycles. The van der Waals surface area contributed by atoms with E-state index in [2.05, 4.69) is 49.5 Å². The van der Waals surface area contributed by atoms with E-state index in [9.17, 15) is 0 Å². The highest BCUT2D eigenvalue weighted by atomic mass is 16.5. The summed E-state index contributed by atoms with van der Waals surface area (Å²) in [7, 11) is 0. The van der Waals surface area contributed by atoms with Crippen LogP contribution in [-0.4, -0.2) is 34.3 Å². The minimum atomic E-state index is 0.218. The molecule has 0 saturated carbocycles. The van der Waals surface area contributed by atoms with E-state index in [1.165, 1.54) is 0 Å². The molecule has 0 radical (unpaired) electrons. The number of rotatable bonds is 5. The Balaban J connectivity index is 1.98. The number of hydrogen-bond donors (Lipinski definition) is 1. The van der Waals surface area contributed by atoms with Gasteiger partial charge in [-0.2, -0.15) is 0 Å². The van der Waals surface area contributed by atoms with Gasteiger partial charge in [-0.15, -0.1) is 0 Å². The van der Waals surface area contributed by atoms with Crippen molar-refractivity contribution >= 4 is 0 Å². The molecule has 1 aromatic rings. The molecule has 120 valence electrons. The number of hydrogen-bond acceptors (Lipinski definition) is 3. The Morgan fingerprint density at radius 2 is 2.14 bits per heavy atom. The molecule has 1 saturated heterocycles. The van der Waals surface area contributed by atoms with Crippen LogP contribution >= 0.6 is 0 Å². The molecule has 1 aromatic heterocycles. The molecular formula is C17H31N3O. The predicted molar refractivity (Wildman–Crippen MR) is 86.2 cm³/mol. The molecule has 1 aliphatic heterocycles. The highest BCUT2D eigenvalue weighted by Crippen LogP contribution is 2.25. The summed E-state index contributed by atoms with van der Waals surface area (Å²) in [5, 5.41) is 3.89. The number of imidazole rings is 1. The van der Waals surface area contributed by atoms with Gasteiger partial charge in [-0.05, 0) is 24.2 Å². The van der Waals surface area contributed by atoms with Gasteiger partial charge in [0.1, 0.15) is 0 Å². The van der Waals surface area contributed by atoms with E-state index in [0.717, 1.165) is 26.0 Å². The van der Waals surface area contributed by atoms with Crippen LogP contribution in [0.4, 0.5) is 0 Å². The first-order chi connectivity index (χ1) is 9.86. The second kappa shape index (κ2) is 6.93. The van der Waals surface area contributed by atoms with Crippen molar-refractivity contribution in [3.05, 3.63) is 18.7 Å². The average molecular weight is 293 g/mol. The Kier molecular flexibility index (Phi) is 5.44. The smallest absolute Gasteiger partial charge is 0.0946 e. The van der Waals surface area contributed by atoms with Crippen molar-refractivity contribution in [1.82, 2.24) is 14.9 Å². The van der Waals surface area contributed by atoms with Gasteiger partial charge in [-0.1, -0.05) is 34.6 Å². The van der Waals surface area contributed by atoms with Gasteiger partial charge in [0, 0.05) is 37.6 Å². The van der Waals surface area contributed by atoms with Crippen LogP contribution in [0.3, 0.4) is 0 Å². The first kappa shape index (κ1) is 16.5. The van der Waals surface area contributed by atoms with E-state index in [0.29, 0.717) is 24.1 Å². The lowest BCUT2D eigenvalue weighted by molar-refractivity contribution is -0.0285. The Morgan fingerprint density at radius 3 is 2.71 bits per heavy atom. The summed E-state index contributed by atoms with van der Waals surface area (Å²) in [6.45, 7) is 13.3. The summed E-state index contributed by atoms with van der Waals surface area (Å²) in [6.07, 6.45) is 8.42. The lowest BCUT2D eigenvalue weighted by Crippen LogP contribution is -2.51. The molecule has 4 heteroatoms. The Hall–Kier alpha value is -0.870. The molecule has 1 fully saturated rings. The van der Waals surface area contributed by atoms with Crippen molar-refractivity contribution < 1.29 is 4.74 Å². The molecule has 3 unspecified atom stereocenters. The summed E-state index contributed by atoms with van der Waals surface area (Å²) in [4.78, 5) is 4.15. The van der Waals surface area contributed by atoms with Gasteiger partial charge in [0.25, 0.3) is 0 Å². The monoisotopic (exact) mass is 293 g/mol. The van der Waals surface area contributed by atoms with Crippen LogP contribution in [0.25, 0.3) is 0 Å². The van der Waals surface area contributed by atoms with Crippen molar-refractivity contribution in [3.63, 3.8) is 0 Å². The molecule has 0 bridgehead atoms. The maximum Gasteiger partial charge on any atom is 0.0946 e. The lowest BCUT2D eigenvalue weighted by Gasteiger charge is -2.39. The topological polar surface area (TPSA) is 39.1 Å². The van der Waals surface area contributed by atoms with Crippen molar-refractivity contribution in [2.45, 2.75) is 72.2 Å². The summed E-state index contributed by atoms with van der Waals surface area (Å²) < 4.78 is 8.06. The quantitative estimate of drug-likeness (QED) is 0.906. The SMILES string of the molecule is CC(C)C1CC(NC(Cn2ccnc2)C(C)(C)C)CCO1. The molecule has 0 aromatic carbocycles. The molecule has 1 N–H and O–H groups in total. The largest absolute Gasteiger partial charge is 0.378 e. The minimum absolute atomic E-state index is 0.218. The number of ether oxygens (including phenoxy) is 1. The number of aromatic nitrogens is 2. The molecule has 3 atom stereocenters. The second-order valence-electron chi connectivity index (χ2n) is 7.72. The summed E-state index contributed by atoms with van der Waals surface area (Å²) in [6, 6.07) is 0.988. The van der Waals surface area contributed by atoms with Gasteiger partial charge in [-0.3, -0.25) is 0 Å². The zero-order chi connectivity index (χ0) is 15.5. The molecule has 0 amide bonds. The second-order valence-corrected chi connectivity index (χ2v) is 7.72. The van der Waals surface area contributed by atoms with Crippen LogP contribution < -0.4 is 5.32 Å². The van der Waals surface area contributed by atoms with Crippen molar-refractivity contribution in [1.29, 1.82) is 0 Å². The maximum absolute atomic E-state index is 5.89. The molecule has 0 spiro atoms. The third-order valence-electron chi connectivity index (χ3n) is 4.49. The highest BCUT2D eigenvalue weighted by Gasteiger charge is 2.31. The third-order valence-corrected chi connectivity index (χ3v) is 4.49. The highest BCUT2D eigenvalue weighted by molar-refractivity contribution is 4.89. The van der Waals surface area contributed by atoms with Crippen LogP contribution in [0.2, 0.25) is 0 Å². The van der Waals surface area contributed by atoms with Crippen molar-refractivity contribution in [2.24, 2.45) is 11.3 Å². The fourth-order valence-electron chi connectivity index (χ4n) is 2.91. The predicted octanol–water partition coefficient (Wildman–Crippen LogP) is 3.09. The first-order valence-corrected chi connectivity index (χ1v) is 8.19. The zero-order valence-electron chi connectivity index (χ0n) is 14.2. The summed E-state index contributed by atoms with van der Waals surface area (Å²) in [5.41, 5.74) is 0.218. The fraction of sp³-hybridized carbons (Fsp3) is 0.824. The molecule has 21 heavy (non-hydrogen) atoms. The van der Waals surface area contributed by atoms with Crippen LogP contribution in [0.1, 0.15) is 47.5 Å². The Labute approximate surface area is 129 Å². The summed E-state index contributed by atoms with van der Waals surface area (Å²) in [5.74, 6) is 0.594. The molecular weight excluding hydrogens is 262 g/mol. The van der Waals surface area contributed by atoms with Crippen molar-refractivity contribution in [3.8, 4) is 0 Å². The van der Waals surface area contributed by atoms with E-state index in [1.807, 2.05) is 18.7 Å². The molecule has 1 aliphatic rings. The summed E-state index contributed by atoms with van der Waals surface area (Å²) >= 11 is 0. The number of nitrogens with zero attached hydrogens (tertiary/aromatic N) is 2. The average Bonchev–Trinajstić information content (AvgIpc) is 2.90. The Morgan fingerprint density at radius 1 is 1.38 bits per heavy atom. The van der Waals surface area contributed by atoms with E-state index in [1.54, 1.807) is 0 Å². The Bertz CT molecular complexity index is 408. The van der Waals surface area contributed by atoms with Crippen LogP contribution in [0.5, 0.6) is 0 Å². The van der Waals surface area contributed by atoms with E-state index < -0.39 is 0 Å². The van der Waals surface area contributed by atoms with Gasteiger partial charge in [0.15, 0.2) is 0 Å². The molecule has 4 nitrogen and oxygen atoms in total. The molecule has 0 aliphatic carbocycles. The van der Waals surface area contributed by atoms with Crippen LogP contribution in [0.15, 0.2) is 18.7 Å². The van der Waals surface area contributed by atoms with Crippen LogP contribution in [-0.2, 0) is 11.3 Å². The van der Waals surface area contributed by atoms with Gasteiger partial charge in [0.2, 0.25) is 0 Å². The maximum atomic E-state index is 5.89. The van der Waals surface area contributed by atoms with E-state index >= 15 is 0 Å². The number of nitrogens with one attached hydrogen (secondary N) is 1. The van der Waals surface area contributed by atoms with E-state index in [-0.39, 0.29) is 5.41 Å². The van der Waals surface area contributed by atoms with Gasteiger partial charge in [-0.25, -0.2) is 4.98 Å². The fourth-order valence-corrected chi connectivity index (χ4v) is 2.91. The van der Waals surface area contributed by atoms with Gasteiger partial charge >= 0.3 is 0 Å². The zero-order valence-corrected chi connectivity index (χ0v) is 14.2. The lowest BCUT2D eigenvalue weighted by atomic mass is 9.85. The van der Waals surface area contributed by atoms with Gasteiger partial charge in [0.05, 0.1) is 12.4 Å². The van der Waals surface area contributed by atoms with Crippen molar-refractivity contribution in [2.75, 3.05) is 6.61 Å². The van der Waals surface area contributed by atoms with Gasteiger partial charge < -0.3 is 14.6 Å². The normalized spacial score (nSPS) is 25.2.